The minimum absolute atomic E-state index is 0.00572. The average Bonchev–Trinajstić information content (AvgIpc) is 2.46. The van der Waals surface area contributed by atoms with Crippen molar-refractivity contribution < 1.29 is 4.74 Å². The van der Waals surface area contributed by atoms with Crippen LogP contribution in [0.15, 0.2) is 18.2 Å². The maximum atomic E-state index is 6.26. The van der Waals surface area contributed by atoms with Gasteiger partial charge in [0.05, 0.1) is 12.7 Å². The van der Waals surface area contributed by atoms with Crippen molar-refractivity contribution in [3.63, 3.8) is 0 Å². The molecule has 1 saturated heterocycles. The minimum atomic E-state index is 0.00572. The predicted octanol–water partition coefficient (Wildman–Crippen LogP) is 4.60. The van der Waals surface area contributed by atoms with E-state index < -0.39 is 0 Å². The number of hydrogen-bond acceptors (Lipinski definition) is 2. The summed E-state index contributed by atoms with van der Waals surface area (Å²) in [5.74, 6) is 0.850. The number of ether oxygens (including phenoxy) is 1. The number of rotatable bonds is 1. The van der Waals surface area contributed by atoms with Gasteiger partial charge in [-0.2, -0.15) is 0 Å². The summed E-state index contributed by atoms with van der Waals surface area (Å²) in [6, 6.07) is 5.57. The van der Waals surface area contributed by atoms with Gasteiger partial charge in [0.2, 0.25) is 0 Å². The van der Waals surface area contributed by atoms with Crippen molar-refractivity contribution >= 4 is 23.2 Å². The van der Waals surface area contributed by atoms with Gasteiger partial charge in [-0.15, -0.1) is 0 Å². The van der Waals surface area contributed by atoms with Gasteiger partial charge in [0.25, 0.3) is 0 Å². The van der Waals surface area contributed by atoms with E-state index in [1.54, 1.807) is 0 Å². The number of nitrogens with one attached hydrogen (secondary N) is 1. The molecular weight excluding hydrogens is 293 g/mol. The number of benzene rings is 1. The van der Waals surface area contributed by atoms with Crippen molar-refractivity contribution in [3.8, 4) is 0 Å². The maximum Gasteiger partial charge on any atom is 0.0965 e. The Kier molecular flexibility index (Phi) is 4.28. The molecule has 2 fully saturated rings. The zero-order chi connectivity index (χ0) is 14.2. The summed E-state index contributed by atoms with van der Waals surface area (Å²) >= 11 is 12.3. The van der Waals surface area contributed by atoms with Crippen molar-refractivity contribution in [2.45, 2.75) is 44.2 Å². The molecule has 1 aliphatic carbocycles. The van der Waals surface area contributed by atoms with Gasteiger partial charge in [0.15, 0.2) is 0 Å². The largest absolute Gasteiger partial charge is 0.370 e. The van der Waals surface area contributed by atoms with Gasteiger partial charge in [-0.1, -0.05) is 30.1 Å². The van der Waals surface area contributed by atoms with Crippen LogP contribution in [0.1, 0.15) is 44.3 Å². The molecule has 1 atom stereocenters. The van der Waals surface area contributed by atoms with Crippen LogP contribution in [0.4, 0.5) is 0 Å². The molecule has 110 valence electrons. The van der Waals surface area contributed by atoms with Gasteiger partial charge in [-0.25, -0.2) is 0 Å². The van der Waals surface area contributed by atoms with Crippen molar-refractivity contribution in [3.05, 3.63) is 33.8 Å². The second-order valence-electron chi connectivity index (χ2n) is 6.31. The number of halogens is 2. The summed E-state index contributed by atoms with van der Waals surface area (Å²) in [6.07, 6.45) is 5.01. The van der Waals surface area contributed by atoms with Crippen molar-refractivity contribution in [2.24, 2.45) is 5.92 Å². The summed E-state index contributed by atoms with van der Waals surface area (Å²) < 4.78 is 6.12. The quantitative estimate of drug-likeness (QED) is 0.818. The van der Waals surface area contributed by atoms with E-state index in [4.69, 9.17) is 27.9 Å². The molecule has 2 aliphatic rings. The lowest BCUT2D eigenvalue weighted by Gasteiger charge is -2.45. The first-order chi connectivity index (χ1) is 9.58. The zero-order valence-electron chi connectivity index (χ0n) is 11.8. The first-order valence-corrected chi connectivity index (χ1v) is 8.15. The lowest BCUT2D eigenvalue weighted by atomic mass is 9.77. The van der Waals surface area contributed by atoms with Crippen LogP contribution in [0, 0.1) is 5.92 Å². The Labute approximate surface area is 130 Å². The monoisotopic (exact) mass is 313 g/mol. The van der Waals surface area contributed by atoms with E-state index in [-0.39, 0.29) is 11.6 Å². The topological polar surface area (TPSA) is 21.3 Å². The van der Waals surface area contributed by atoms with Crippen molar-refractivity contribution in [1.82, 2.24) is 5.32 Å². The zero-order valence-corrected chi connectivity index (χ0v) is 13.3. The maximum absolute atomic E-state index is 6.26. The van der Waals surface area contributed by atoms with Crippen molar-refractivity contribution in [1.29, 1.82) is 0 Å². The van der Waals surface area contributed by atoms with E-state index in [0.717, 1.165) is 29.7 Å². The molecular formula is C16H21Cl2NO. The Hall–Kier alpha value is -0.280. The summed E-state index contributed by atoms with van der Waals surface area (Å²) in [5, 5.41) is 5.16. The third kappa shape index (κ3) is 2.99. The van der Waals surface area contributed by atoms with Gasteiger partial charge in [-0.05, 0) is 49.8 Å². The Morgan fingerprint density at radius 2 is 2.00 bits per heavy atom. The fourth-order valence-corrected chi connectivity index (χ4v) is 3.70. The molecule has 1 unspecified atom stereocenters. The Morgan fingerprint density at radius 3 is 2.65 bits per heavy atom. The Morgan fingerprint density at radius 1 is 1.25 bits per heavy atom. The molecule has 1 aromatic carbocycles. The highest BCUT2D eigenvalue weighted by molar-refractivity contribution is 6.33. The van der Waals surface area contributed by atoms with Crippen LogP contribution in [0.25, 0.3) is 0 Å². The molecule has 0 radical (unpaired) electrons. The van der Waals surface area contributed by atoms with Crippen LogP contribution >= 0.6 is 23.2 Å². The van der Waals surface area contributed by atoms with Gasteiger partial charge < -0.3 is 10.1 Å². The molecule has 0 bridgehead atoms. The molecule has 2 nitrogen and oxygen atoms in total. The molecule has 1 aliphatic heterocycles. The third-order valence-electron chi connectivity index (χ3n) is 4.76. The van der Waals surface area contributed by atoms with Crippen LogP contribution < -0.4 is 5.32 Å². The third-order valence-corrected chi connectivity index (χ3v) is 5.34. The van der Waals surface area contributed by atoms with Crippen LogP contribution in [0.3, 0.4) is 0 Å². The molecule has 3 rings (SSSR count). The van der Waals surface area contributed by atoms with Gasteiger partial charge in [-0.3, -0.25) is 0 Å². The summed E-state index contributed by atoms with van der Waals surface area (Å²) in [5.41, 5.74) is 1.18. The van der Waals surface area contributed by atoms with Gasteiger partial charge in [0, 0.05) is 27.7 Å². The standard InChI is InChI=1S/C16H21Cl2NO/c1-11-4-6-16(7-5-11)10-20-15(9-19-16)13-8-12(17)2-3-14(13)18/h2-3,8,11,15,19H,4-7,9-10H2,1H3. The molecule has 4 heteroatoms. The van der Waals surface area contributed by atoms with E-state index in [9.17, 15) is 0 Å². The summed E-state index contributed by atoms with van der Waals surface area (Å²) in [6.45, 7) is 3.92. The first-order valence-electron chi connectivity index (χ1n) is 7.40. The highest BCUT2D eigenvalue weighted by Gasteiger charge is 2.38. The van der Waals surface area contributed by atoms with E-state index >= 15 is 0 Å². The van der Waals surface area contributed by atoms with Gasteiger partial charge in [0.1, 0.15) is 0 Å². The highest BCUT2D eigenvalue weighted by atomic mass is 35.5. The molecule has 20 heavy (non-hydrogen) atoms. The fourth-order valence-electron chi connectivity index (χ4n) is 3.28. The fraction of sp³-hybridized carbons (Fsp3) is 0.625. The highest BCUT2D eigenvalue weighted by Crippen LogP contribution is 2.37. The van der Waals surface area contributed by atoms with Crippen LogP contribution in [-0.2, 0) is 4.74 Å². The average molecular weight is 314 g/mol. The molecule has 1 spiro atoms. The first kappa shape index (κ1) is 14.6. The second-order valence-corrected chi connectivity index (χ2v) is 7.15. The van der Waals surface area contributed by atoms with E-state index in [0.29, 0.717) is 5.02 Å². The number of morpholine rings is 1. The predicted molar refractivity (Wildman–Crippen MR) is 83.5 cm³/mol. The molecule has 1 N–H and O–H groups in total. The lowest BCUT2D eigenvalue weighted by molar-refractivity contribution is -0.0503. The lowest BCUT2D eigenvalue weighted by Crippen LogP contribution is -2.56. The normalized spacial score (nSPS) is 34.4. The molecule has 1 heterocycles. The Balaban J connectivity index is 1.68. The number of hydrogen-bond donors (Lipinski definition) is 1. The second kappa shape index (κ2) is 5.84. The SMILES string of the molecule is CC1CCC2(CC1)COC(c1cc(Cl)ccc1Cl)CN2. The van der Waals surface area contributed by atoms with Crippen LogP contribution in [-0.4, -0.2) is 18.7 Å². The van der Waals surface area contributed by atoms with Crippen LogP contribution in [0.5, 0.6) is 0 Å². The molecule has 0 amide bonds. The Bertz CT molecular complexity index is 473. The molecule has 1 aromatic rings. The smallest absolute Gasteiger partial charge is 0.0965 e. The molecule has 1 saturated carbocycles. The van der Waals surface area contributed by atoms with E-state index in [1.165, 1.54) is 25.7 Å². The minimum Gasteiger partial charge on any atom is -0.370 e. The van der Waals surface area contributed by atoms with Gasteiger partial charge >= 0.3 is 0 Å². The summed E-state index contributed by atoms with van der Waals surface area (Å²) in [4.78, 5) is 0. The summed E-state index contributed by atoms with van der Waals surface area (Å²) in [7, 11) is 0. The van der Waals surface area contributed by atoms with E-state index in [2.05, 4.69) is 12.2 Å². The van der Waals surface area contributed by atoms with E-state index in [1.807, 2.05) is 18.2 Å². The molecule has 0 aromatic heterocycles. The van der Waals surface area contributed by atoms with Crippen molar-refractivity contribution in [2.75, 3.05) is 13.2 Å². The van der Waals surface area contributed by atoms with Crippen LogP contribution in [0.2, 0.25) is 10.0 Å².